The van der Waals surface area contributed by atoms with Gasteiger partial charge in [-0.05, 0) is 50.1 Å². The van der Waals surface area contributed by atoms with E-state index in [9.17, 15) is 9.59 Å². The lowest BCUT2D eigenvalue weighted by Gasteiger charge is -2.08. The van der Waals surface area contributed by atoms with E-state index < -0.39 is 0 Å². The van der Waals surface area contributed by atoms with Gasteiger partial charge in [0.1, 0.15) is 5.82 Å². The zero-order valence-electron chi connectivity index (χ0n) is 14.9. The number of fused-ring (bicyclic) bond motifs is 1. The molecule has 0 aliphatic heterocycles. The lowest BCUT2D eigenvalue weighted by Crippen LogP contribution is -2.03. The summed E-state index contributed by atoms with van der Waals surface area (Å²) < 4.78 is 2.03. The first-order chi connectivity index (χ1) is 12.5. The van der Waals surface area contributed by atoms with Crippen LogP contribution in [0.1, 0.15) is 43.2 Å². The number of hydrogen-bond donors (Lipinski definition) is 0. The van der Waals surface area contributed by atoms with Crippen molar-refractivity contribution in [3.63, 3.8) is 0 Å². The van der Waals surface area contributed by atoms with Gasteiger partial charge < -0.3 is 4.57 Å². The largest absolute Gasteiger partial charge is 0.303 e. The van der Waals surface area contributed by atoms with Crippen molar-refractivity contribution in [2.75, 3.05) is 0 Å². The Morgan fingerprint density at radius 1 is 0.923 bits per heavy atom. The molecule has 3 aromatic rings. The summed E-state index contributed by atoms with van der Waals surface area (Å²) in [6, 6.07) is 12.9. The van der Waals surface area contributed by atoms with E-state index in [0.717, 1.165) is 28.3 Å². The molecule has 0 N–H and O–H groups in total. The highest BCUT2D eigenvalue weighted by atomic mass is 16.2. The number of rotatable bonds is 2. The van der Waals surface area contributed by atoms with Gasteiger partial charge in [-0.15, -0.1) is 0 Å². The lowest BCUT2D eigenvalue weighted by molar-refractivity contribution is 0.0990. The van der Waals surface area contributed by atoms with E-state index in [1.807, 2.05) is 49.7 Å². The zero-order valence-corrected chi connectivity index (χ0v) is 14.9. The molecule has 1 aromatic carbocycles. The molecule has 26 heavy (non-hydrogen) atoms. The molecule has 4 heteroatoms. The van der Waals surface area contributed by atoms with Crippen molar-refractivity contribution in [2.24, 2.45) is 0 Å². The highest BCUT2D eigenvalue weighted by molar-refractivity contribution is 6.41. The first kappa shape index (κ1) is 16.2. The van der Waals surface area contributed by atoms with Gasteiger partial charge in [-0.25, -0.2) is 4.98 Å². The Morgan fingerprint density at radius 2 is 1.58 bits per heavy atom. The Labute approximate surface area is 151 Å². The zero-order chi connectivity index (χ0) is 18.4. The first-order valence-electron chi connectivity index (χ1n) is 8.49. The van der Waals surface area contributed by atoms with E-state index in [4.69, 9.17) is 0 Å². The standard InChI is InChI=1S/C22H18N2O2/c1-13-8-9-20(23-12-13)24-14(2)10-16(15(24)3)11-19-21(25)17-6-4-5-7-18(17)22(19)26/h4-12H,1-3H3. The van der Waals surface area contributed by atoms with Gasteiger partial charge >= 0.3 is 0 Å². The summed E-state index contributed by atoms with van der Waals surface area (Å²) >= 11 is 0. The summed E-state index contributed by atoms with van der Waals surface area (Å²) in [7, 11) is 0. The molecular weight excluding hydrogens is 324 g/mol. The van der Waals surface area contributed by atoms with Crippen molar-refractivity contribution < 1.29 is 9.59 Å². The number of nitrogens with zero attached hydrogens (tertiary/aromatic N) is 2. The Hall–Kier alpha value is -3.27. The molecule has 0 saturated carbocycles. The van der Waals surface area contributed by atoms with Crippen molar-refractivity contribution in [2.45, 2.75) is 20.8 Å². The molecule has 0 atom stereocenters. The minimum Gasteiger partial charge on any atom is -0.303 e. The molecule has 0 saturated heterocycles. The fourth-order valence-electron chi connectivity index (χ4n) is 3.44. The number of aryl methyl sites for hydroxylation is 2. The Bertz CT molecular complexity index is 1050. The molecule has 1 aliphatic carbocycles. The van der Waals surface area contributed by atoms with Gasteiger partial charge in [0.2, 0.25) is 0 Å². The smallest absolute Gasteiger partial charge is 0.197 e. The molecule has 0 fully saturated rings. The summed E-state index contributed by atoms with van der Waals surface area (Å²) in [5, 5.41) is 0. The van der Waals surface area contributed by atoms with Crippen LogP contribution >= 0.6 is 0 Å². The van der Waals surface area contributed by atoms with Crippen LogP contribution in [0.25, 0.3) is 11.9 Å². The topological polar surface area (TPSA) is 52.0 Å². The quantitative estimate of drug-likeness (QED) is 0.516. The molecule has 0 radical (unpaired) electrons. The van der Waals surface area contributed by atoms with Crippen molar-refractivity contribution in [3.05, 3.63) is 87.9 Å². The van der Waals surface area contributed by atoms with Crippen LogP contribution in [0.2, 0.25) is 0 Å². The number of ketones is 2. The highest BCUT2D eigenvalue weighted by Gasteiger charge is 2.32. The van der Waals surface area contributed by atoms with E-state index in [2.05, 4.69) is 4.98 Å². The molecule has 0 bridgehead atoms. The predicted molar refractivity (Wildman–Crippen MR) is 101 cm³/mol. The van der Waals surface area contributed by atoms with Crippen LogP contribution in [0.4, 0.5) is 0 Å². The fraction of sp³-hybridized carbons (Fsp3) is 0.136. The second-order valence-electron chi connectivity index (χ2n) is 6.62. The monoisotopic (exact) mass is 342 g/mol. The third-order valence-electron chi connectivity index (χ3n) is 4.80. The van der Waals surface area contributed by atoms with Crippen LogP contribution in [-0.2, 0) is 0 Å². The first-order valence-corrected chi connectivity index (χ1v) is 8.49. The van der Waals surface area contributed by atoms with E-state index >= 15 is 0 Å². The Morgan fingerprint density at radius 3 is 2.15 bits per heavy atom. The molecule has 2 aromatic heterocycles. The van der Waals surface area contributed by atoms with Crippen molar-refractivity contribution in [3.8, 4) is 5.82 Å². The van der Waals surface area contributed by atoms with Crippen LogP contribution in [0, 0.1) is 20.8 Å². The molecule has 0 spiro atoms. The van der Waals surface area contributed by atoms with Gasteiger partial charge in [0, 0.05) is 28.7 Å². The van der Waals surface area contributed by atoms with Crippen LogP contribution in [0.15, 0.2) is 54.2 Å². The fourth-order valence-corrected chi connectivity index (χ4v) is 3.44. The summed E-state index contributed by atoms with van der Waals surface area (Å²) in [5.41, 5.74) is 5.09. The van der Waals surface area contributed by atoms with Gasteiger partial charge in [0.15, 0.2) is 11.6 Å². The van der Waals surface area contributed by atoms with Gasteiger partial charge in [-0.3, -0.25) is 9.59 Å². The van der Waals surface area contributed by atoms with Gasteiger partial charge in [0.25, 0.3) is 0 Å². The third-order valence-corrected chi connectivity index (χ3v) is 4.80. The maximum atomic E-state index is 12.6. The summed E-state index contributed by atoms with van der Waals surface area (Å²) in [4.78, 5) is 29.7. The SMILES string of the molecule is Cc1ccc(-n2c(C)cc(C=C3C(=O)c4ccccc4C3=O)c2C)nc1. The maximum Gasteiger partial charge on any atom is 0.197 e. The number of benzene rings is 1. The average molecular weight is 342 g/mol. The second kappa shape index (κ2) is 5.92. The molecule has 0 amide bonds. The van der Waals surface area contributed by atoms with Crippen LogP contribution < -0.4 is 0 Å². The van der Waals surface area contributed by atoms with Gasteiger partial charge in [0.05, 0.1) is 5.57 Å². The number of hydrogen-bond acceptors (Lipinski definition) is 3. The summed E-state index contributed by atoms with van der Waals surface area (Å²) in [5.74, 6) is 0.412. The molecule has 0 unspecified atom stereocenters. The second-order valence-corrected chi connectivity index (χ2v) is 6.62. The third kappa shape index (κ3) is 2.42. The van der Waals surface area contributed by atoms with Crippen LogP contribution in [-0.4, -0.2) is 21.1 Å². The molecule has 4 nitrogen and oxygen atoms in total. The maximum absolute atomic E-state index is 12.6. The van der Waals surface area contributed by atoms with E-state index in [1.165, 1.54) is 0 Å². The molecule has 128 valence electrons. The normalized spacial score (nSPS) is 13.3. The molecule has 4 rings (SSSR count). The van der Waals surface area contributed by atoms with Crippen LogP contribution in [0.5, 0.6) is 0 Å². The number of carbonyl (C=O) groups excluding carboxylic acids is 2. The number of carbonyl (C=O) groups is 2. The Balaban J connectivity index is 1.80. The number of Topliss-reactive ketones (excluding diaryl/α,β-unsaturated/α-hetero) is 2. The molecule has 1 aliphatic rings. The van der Waals surface area contributed by atoms with Crippen LogP contribution in [0.3, 0.4) is 0 Å². The van der Waals surface area contributed by atoms with E-state index in [0.29, 0.717) is 11.1 Å². The Kier molecular flexibility index (Phi) is 3.69. The minimum atomic E-state index is -0.205. The predicted octanol–water partition coefficient (Wildman–Crippen LogP) is 4.26. The minimum absolute atomic E-state index is 0.205. The van der Waals surface area contributed by atoms with Crippen molar-refractivity contribution in [1.29, 1.82) is 0 Å². The van der Waals surface area contributed by atoms with Crippen molar-refractivity contribution in [1.82, 2.24) is 9.55 Å². The molecule has 2 heterocycles. The summed E-state index contributed by atoms with van der Waals surface area (Å²) in [6.07, 6.45) is 3.53. The summed E-state index contributed by atoms with van der Waals surface area (Å²) in [6.45, 7) is 5.96. The number of pyridine rings is 1. The van der Waals surface area contributed by atoms with Crippen molar-refractivity contribution >= 4 is 17.6 Å². The van der Waals surface area contributed by atoms with Gasteiger partial charge in [-0.2, -0.15) is 0 Å². The van der Waals surface area contributed by atoms with E-state index in [1.54, 1.807) is 30.3 Å². The van der Waals surface area contributed by atoms with E-state index in [-0.39, 0.29) is 17.1 Å². The number of allylic oxidation sites excluding steroid dienone is 1. The van der Waals surface area contributed by atoms with Gasteiger partial charge in [-0.1, -0.05) is 30.3 Å². The average Bonchev–Trinajstić information content (AvgIpc) is 3.05. The number of aromatic nitrogens is 2. The lowest BCUT2D eigenvalue weighted by atomic mass is 10.1. The highest BCUT2D eigenvalue weighted by Crippen LogP contribution is 2.29. The molecular formula is C22H18N2O2.